The third-order valence-electron chi connectivity index (χ3n) is 7.46. The van der Waals surface area contributed by atoms with Crippen molar-refractivity contribution in [2.45, 2.75) is 38.6 Å². The van der Waals surface area contributed by atoms with Gasteiger partial charge in [-0.25, -0.2) is 9.78 Å². The summed E-state index contributed by atoms with van der Waals surface area (Å²) in [5, 5.41) is 16.5. The van der Waals surface area contributed by atoms with Gasteiger partial charge in [0.25, 0.3) is 5.56 Å². The Bertz CT molecular complexity index is 1680. The number of nitrogens with zero attached hydrogens (tertiary/aromatic N) is 4. The summed E-state index contributed by atoms with van der Waals surface area (Å²) < 4.78 is 20.3. The molecule has 10 heteroatoms. The summed E-state index contributed by atoms with van der Waals surface area (Å²) in [7, 11) is 0. The van der Waals surface area contributed by atoms with Crippen molar-refractivity contribution in [3.05, 3.63) is 75.3 Å². The number of aliphatic hydroxyl groups is 1. The topological polar surface area (TPSA) is 117 Å². The van der Waals surface area contributed by atoms with Gasteiger partial charge in [0.1, 0.15) is 19.8 Å². The van der Waals surface area contributed by atoms with Crippen LogP contribution in [-0.2, 0) is 34.8 Å². The first-order valence-electron chi connectivity index (χ1n) is 12.2. The average Bonchev–Trinajstić information content (AvgIpc) is 3.29. The highest BCUT2D eigenvalue weighted by atomic mass is 16.6. The largest absolute Gasteiger partial charge is 0.486 e. The molecule has 0 unspecified atom stereocenters. The van der Waals surface area contributed by atoms with E-state index >= 15 is 0 Å². The van der Waals surface area contributed by atoms with Gasteiger partial charge in [-0.1, -0.05) is 11.6 Å². The van der Waals surface area contributed by atoms with E-state index in [9.17, 15) is 14.7 Å². The molecule has 0 amide bonds. The van der Waals surface area contributed by atoms with Crippen molar-refractivity contribution in [3.8, 4) is 22.9 Å². The molecule has 37 heavy (non-hydrogen) atoms. The van der Waals surface area contributed by atoms with Crippen LogP contribution in [0.15, 0.2) is 47.5 Å². The first kappa shape index (κ1) is 21.9. The van der Waals surface area contributed by atoms with Crippen LogP contribution in [-0.4, -0.2) is 38.9 Å². The quantitative estimate of drug-likeness (QED) is 0.294. The van der Waals surface area contributed by atoms with Gasteiger partial charge in [-0.3, -0.25) is 4.79 Å². The van der Waals surface area contributed by atoms with Crippen molar-refractivity contribution < 1.29 is 28.8 Å². The van der Waals surface area contributed by atoms with Crippen molar-refractivity contribution in [1.29, 1.82) is 0 Å². The maximum atomic E-state index is 13.6. The van der Waals surface area contributed by atoms with E-state index in [1.54, 1.807) is 23.8 Å². The van der Waals surface area contributed by atoms with E-state index in [1.165, 1.54) is 0 Å². The van der Waals surface area contributed by atoms with Crippen molar-refractivity contribution >= 4 is 16.9 Å². The molecule has 186 valence electrons. The minimum Gasteiger partial charge on any atom is -0.486 e. The van der Waals surface area contributed by atoms with Crippen LogP contribution in [0.4, 0.5) is 0 Å². The molecular weight excluding hydrogens is 476 g/mol. The molecule has 3 aliphatic rings. The number of hydrogen-bond donors (Lipinski definition) is 1. The highest BCUT2D eigenvalue weighted by molar-refractivity contribution is 5.91. The molecule has 7 rings (SSSR count). The van der Waals surface area contributed by atoms with Crippen LogP contribution < -0.4 is 19.7 Å². The fraction of sp³-hybridized carbons (Fsp3) is 0.296. The number of rotatable bonds is 3. The van der Waals surface area contributed by atoms with Crippen molar-refractivity contribution in [1.82, 2.24) is 14.6 Å². The number of pyridine rings is 2. The molecule has 4 aromatic rings. The zero-order valence-electron chi connectivity index (χ0n) is 20.1. The molecule has 0 fully saturated rings. The first-order chi connectivity index (χ1) is 18.0. The van der Waals surface area contributed by atoms with Crippen LogP contribution in [0.25, 0.3) is 22.3 Å². The summed E-state index contributed by atoms with van der Waals surface area (Å²) in [6.07, 6.45) is 3.69. The molecule has 0 saturated heterocycles. The van der Waals surface area contributed by atoms with Crippen LogP contribution in [0.2, 0.25) is 0 Å². The normalized spacial score (nSPS) is 19.2. The van der Waals surface area contributed by atoms with E-state index in [0.717, 1.165) is 16.5 Å². The van der Waals surface area contributed by atoms with Crippen LogP contribution in [0.3, 0.4) is 0 Å². The van der Waals surface area contributed by atoms with Gasteiger partial charge in [0, 0.05) is 34.2 Å². The monoisotopic (exact) mass is 499 g/mol. The Morgan fingerprint density at radius 1 is 1.08 bits per heavy atom. The highest BCUT2D eigenvalue weighted by Crippen LogP contribution is 2.42. The molecular formula is C27H23N4O6+. The number of benzene rings is 1. The second kappa shape index (κ2) is 7.84. The summed E-state index contributed by atoms with van der Waals surface area (Å²) in [6, 6.07) is 9.28. The highest BCUT2D eigenvalue weighted by Gasteiger charge is 2.45. The number of cyclic esters (lactones) is 1. The minimum atomic E-state index is -1.88. The van der Waals surface area contributed by atoms with Crippen LogP contribution in [0.1, 0.15) is 35.6 Å². The molecule has 10 nitrogen and oxygen atoms in total. The molecule has 1 atom stereocenters. The van der Waals surface area contributed by atoms with E-state index < -0.39 is 11.6 Å². The van der Waals surface area contributed by atoms with Gasteiger partial charge in [-0.2, -0.15) is 0 Å². The average molecular weight is 500 g/mol. The Morgan fingerprint density at radius 3 is 2.65 bits per heavy atom. The molecule has 0 saturated carbocycles. The minimum absolute atomic E-state index is 0.0881. The van der Waals surface area contributed by atoms with Gasteiger partial charge >= 0.3 is 5.97 Å². The van der Waals surface area contributed by atoms with Gasteiger partial charge in [0.15, 0.2) is 23.3 Å². The molecule has 0 bridgehead atoms. The summed E-state index contributed by atoms with van der Waals surface area (Å²) in [5.74, 6) is 0.527. The van der Waals surface area contributed by atoms with E-state index in [0.29, 0.717) is 65.8 Å². The molecule has 0 radical (unpaired) electrons. The number of carbonyl (C=O) groups is 1. The third kappa shape index (κ3) is 3.12. The van der Waals surface area contributed by atoms with E-state index in [2.05, 4.69) is 5.10 Å². The standard InChI is InChI=1S/C27H23N4O6/c1-2-27(34)19-10-21-24-17(13-31(21)25(32)18(19)14-37-26(27)33)16(12-30-6-4-3-5-28-30)15-9-22-23(11-20(15)29-24)36-8-7-35-22/h3-6,9-11,34H,2,7-8,12-14H2,1H3/q+1/t27-/m0/s1. The first-order valence-corrected chi connectivity index (χ1v) is 12.2. The van der Waals surface area contributed by atoms with Gasteiger partial charge in [-0.05, 0) is 29.7 Å². The summed E-state index contributed by atoms with van der Waals surface area (Å²) in [4.78, 5) is 31.1. The molecule has 0 aliphatic carbocycles. The SMILES string of the molecule is CC[C@@]1(O)C(=O)OCc2c1cc1n(c2=O)Cc2c-1nc1cc3c(cc1c2C[n+]1ccccn1)OCCO3. The van der Waals surface area contributed by atoms with Crippen LogP contribution in [0.5, 0.6) is 11.5 Å². The number of hydrogen-bond acceptors (Lipinski definition) is 8. The summed E-state index contributed by atoms with van der Waals surface area (Å²) >= 11 is 0. The number of carbonyl (C=O) groups excluding carboxylic acids is 1. The van der Waals surface area contributed by atoms with Crippen LogP contribution in [0, 0.1) is 0 Å². The fourth-order valence-electron chi connectivity index (χ4n) is 5.50. The van der Waals surface area contributed by atoms with Gasteiger partial charge in [0.2, 0.25) is 6.54 Å². The maximum Gasteiger partial charge on any atom is 0.343 e. The van der Waals surface area contributed by atoms with Crippen LogP contribution >= 0.6 is 0 Å². The van der Waals surface area contributed by atoms with E-state index in [4.69, 9.17) is 19.2 Å². The Labute approximate surface area is 210 Å². The van der Waals surface area contributed by atoms with Gasteiger partial charge < -0.3 is 23.9 Å². The van der Waals surface area contributed by atoms with Gasteiger partial charge in [0.05, 0.1) is 35.2 Å². The Balaban J connectivity index is 1.50. The predicted octanol–water partition coefficient (Wildman–Crippen LogP) is 1.58. The zero-order valence-corrected chi connectivity index (χ0v) is 20.1. The molecule has 0 spiro atoms. The van der Waals surface area contributed by atoms with Gasteiger partial charge in [-0.15, -0.1) is 0 Å². The lowest BCUT2D eigenvalue weighted by Gasteiger charge is -2.31. The molecule has 3 aromatic heterocycles. The summed E-state index contributed by atoms with van der Waals surface area (Å²) in [6.45, 7) is 3.19. The number of ether oxygens (including phenoxy) is 3. The molecule has 1 aromatic carbocycles. The summed E-state index contributed by atoms with van der Waals surface area (Å²) in [5.41, 5.74) is 2.14. The lowest BCUT2D eigenvalue weighted by molar-refractivity contribution is -0.746. The maximum absolute atomic E-state index is 13.6. The zero-order chi connectivity index (χ0) is 25.3. The van der Waals surface area contributed by atoms with E-state index in [-0.39, 0.29) is 18.6 Å². The van der Waals surface area contributed by atoms with E-state index in [1.807, 2.05) is 35.1 Å². The third-order valence-corrected chi connectivity index (χ3v) is 7.46. The second-order valence-electron chi connectivity index (χ2n) is 9.43. The fourth-order valence-corrected chi connectivity index (χ4v) is 5.50. The molecule has 3 aliphatic heterocycles. The Morgan fingerprint density at radius 2 is 1.89 bits per heavy atom. The van der Waals surface area contributed by atoms with Crippen molar-refractivity contribution in [2.75, 3.05) is 13.2 Å². The van der Waals surface area contributed by atoms with Crippen molar-refractivity contribution in [2.24, 2.45) is 0 Å². The second-order valence-corrected chi connectivity index (χ2v) is 9.43. The lowest BCUT2D eigenvalue weighted by Crippen LogP contribution is -2.44. The predicted molar refractivity (Wildman–Crippen MR) is 129 cm³/mol. The molecule has 1 N–H and O–H groups in total. The Kier molecular flexibility index (Phi) is 4.65. The molecule has 6 heterocycles. The lowest BCUT2D eigenvalue weighted by atomic mass is 9.86. The van der Waals surface area contributed by atoms with Crippen molar-refractivity contribution in [3.63, 3.8) is 0 Å². The number of aromatic nitrogens is 4. The Hall–Kier alpha value is -4.31. The number of fused-ring (bicyclic) bond motifs is 6. The smallest absolute Gasteiger partial charge is 0.343 e. The number of esters is 1.